The minimum atomic E-state index is -3.73. The Bertz CT molecular complexity index is 1140. The van der Waals surface area contributed by atoms with Crippen LogP contribution >= 0.6 is 0 Å². The molecule has 1 aliphatic heterocycles. The van der Waals surface area contributed by atoms with Gasteiger partial charge >= 0.3 is 0 Å². The Kier molecular flexibility index (Phi) is 6.23. The lowest BCUT2D eigenvalue weighted by atomic mass is 9.96. The topological polar surface area (TPSA) is 40.6 Å². The van der Waals surface area contributed by atoms with Crippen LogP contribution in [0.1, 0.15) is 28.3 Å². The molecule has 0 aliphatic carbocycles. The van der Waals surface area contributed by atoms with Gasteiger partial charge in [-0.1, -0.05) is 66.2 Å². The largest absolute Gasteiger partial charge is 0.290 e. The monoisotopic (exact) mass is 438 g/mol. The summed E-state index contributed by atoms with van der Waals surface area (Å²) < 4.78 is 41.5. The van der Waals surface area contributed by atoms with Crippen LogP contribution in [0.2, 0.25) is 0 Å². The molecule has 0 aromatic heterocycles. The van der Waals surface area contributed by atoms with E-state index in [1.807, 2.05) is 18.2 Å². The van der Waals surface area contributed by atoms with E-state index in [1.165, 1.54) is 33.1 Å². The summed E-state index contributed by atoms with van der Waals surface area (Å²) in [5, 5.41) is 0. The highest BCUT2D eigenvalue weighted by atomic mass is 32.2. The van der Waals surface area contributed by atoms with Crippen LogP contribution in [0.3, 0.4) is 0 Å². The molecule has 1 saturated heterocycles. The van der Waals surface area contributed by atoms with Crippen molar-refractivity contribution in [1.29, 1.82) is 0 Å². The van der Waals surface area contributed by atoms with E-state index in [0.717, 1.165) is 6.07 Å². The van der Waals surface area contributed by atoms with Crippen molar-refractivity contribution in [2.24, 2.45) is 0 Å². The fourth-order valence-corrected chi connectivity index (χ4v) is 5.85. The van der Waals surface area contributed by atoms with Gasteiger partial charge in [0.2, 0.25) is 10.0 Å². The van der Waals surface area contributed by atoms with Crippen molar-refractivity contribution in [2.75, 3.05) is 26.2 Å². The minimum absolute atomic E-state index is 0.0547. The number of rotatable bonds is 5. The highest BCUT2D eigenvalue weighted by molar-refractivity contribution is 7.89. The molecule has 0 radical (unpaired) electrons. The van der Waals surface area contributed by atoms with Crippen molar-refractivity contribution in [1.82, 2.24) is 9.21 Å². The predicted molar refractivity (Wildman–Crippen MR) is 121 cm³/mol. The van der Waals surface area contributed by atoms with Crippen molar-refractivity contribution in [3.05, 3.63) is 101 Å². The maximum atomic E-state index is 13.7. The number of sulfonamides is 1. The molecule has 3 aromatic rings. The minimum Gasteiger partial charge on any atom is -0.290 e. The van der Waals surface area contributed by atoms with Crippen LogP contribution in [0.15, 0.2) is 77.7 Å². The molecule has 0 bridgehead atoms. The molecule has 0 amide bonds. The summed E-state index contributed by atoms with van der Waals surface area (Å²) in [5.74, 6) is -0.536. The van der Waals surface area contributed by atoms with Crippen LogP contribution < -0.4 is 0 Å². The zero-order chi connectivity index (χ0) is 22.0. The number of halogens is 1. The van der Waals surface area contributed by atoms with E-state index in [1.54, 1.807) is 6.92 Å². The van der Waals surface area contributed by atoms with Crippen LogP contribution in [0, 0.1) is 19.7 Å². The number of hydrogen-bond donors (Lipinski definition) is 0. The third kappa shape index (κ3) is 4.56. The van der Waals surface area contributed by atoms with Crippen molar-refractivity contribution < 1.29 is 12.8 Å². The Morgan fingerprint density at radius 3 is 2.06 bits per heavy atom. The normalized spacial score (nSPS) is 16.9. The molecule has 3 aromatic carbocycles. The van der Waals surface area contributed by atoms with E-state index in [0.29, 0.717) is 31.7 Å². The Morgan fingerprint density at radius 2 is 1.42 bits per heavy atom. The Morgan fingerprint density at radius 1 is 0.806 bits per heavy atom. The molecule has 1 heterocycles. The van der Waals surface area contributed by atoms with E-state index in [-0.39, 0.29) is 10.9 Å². The quantitative estimate of drug-likeness (QED) is 0.587. The van der Waals surface area contributed by atoms with Crippen molar-refractivity contribution >= 4 is 10.0 Å². The molecule has 4 nitrogen and oxygen atoms in total. The highest BCUT2D eigenvalue weighted by Gasteiger charge is 2.33. The maximum Gasteiger partial charge on any atom is 0.243 e. The zero-order valence-corrected chi connectivity index (χ0v) is 18.6. The van der Waals surface area contributed by atoms with Crippen LogP contribution in [0.25, 0.3) is 0 Å². The predicted octanol–water partition coefficient (Wildman–Crippen LogP) is 4.54. The molecule has 0 saturated carbocycles. The first kappa shape index (κ1) is 21.7. The van der Waals surface area contributed by atoms with E-state index < -0.39 is 15.8 Å². The zero-order valence-electron chi connectivity index (χ0n) is 17.8. The second-order valence-corrected chi connectivity index (χ2v) is 9.98. The lowest BCUT2D eigenvalue weighted by Gasteiger charge is -2.39. The third-order valence-electron chi connectivity index (χ3n) is 5.91. The van der Waals surface area contributed by atoms with Gasteiger partial charge in [-0.05, 0) is 42.7 Å². The number of nitrogens with zero attached hydrogens (tertiary/aromatic N) is 2. The molecule has 0 spiro atoms. The lowest BCUT2D eigenvalue weighted by molar-refractivity contribution is 0.155. The standard InChI is InChI=1S/C25H27FN2O2S/c1-19-8-11-22(12-9-19)25(21-6-4-3-5-7-21)27-14-16-28(17-15-27)31(29,30)24-18-23(26)13-10-20(24)2/h3-13,18,25H,14-17H2,1-2H3. The molecule has 4 rings (SSSR count). The first-order chi connectivity index (χ1) is 14.9. The smallest absolute Gasteiger partial charge is 0.243 e. The molecular weight excluding hydrogens is 411 g/mol. The molecule has 1 atom stereocenters. The van der Waals surface area contributed by atoms with Gasteiger partial charge in [0.05, 0.1) is 10.9 Å². The summed E-state index contributed by atoms with van der Waals surface area (Å²) in [7, 11) is -3.73. The van der Waals surface area contributed by atoms with Gasteiger partial charge in [0.25, 0.3) is 0 Å². The summed E-state index contributed by atoms with van der Waals surface area (Å²) >= 11 is 0. The fraction of sp³-hybridized carbons (Fsp3) is 0.280. The third-order valence-corrected chi connectivity index (χ3v) is 7.96. The van der Waals surface area contributed by atoms with Crippen LogP contribution in [0.4, 0.5) is 4.39 Å². The van der Waals surface area contributed by atoms with Crippen molar-refractivity contribution in [3.8, 4) is 0 Å². The average Bonchev–Trinajstić information content (AvgIpc) is 2.78. The first-order valence-corrected chi connectivity index (χ1v) is 11.9. The average molecular weight is 439 g/mol. The van der Waals surface area contributed by atoms with Crippen LogP contribution in [-0.2, 0) is 10.0 Å². The number of aryl methyl sites for hydroxylation is 2. The van der Waals surface area contributed by atoms with E-state index in [4.69, 9.17) is 0 Å². The van der Waals surface area contributed by atoms with E-state index >= 15 is 0 Å². The molecule has 1 unspecified atom stereocenters. The SMILES string of the molecule is Cc1ccc(C(c2ccccc2)N2CCN(S(=O)(=O)c3cc(F)ccc3C)CC2)cc1. The van der Waals surface area contributed by atoms with Gasteiger partial charge in [-0.25, -0.2) is 12.8 Å². The molecule has 1 fully saturated rings. The van der Waals surface area contributed by atoms with Gasteiger partial charge < -0.3 is 0 Å². The molecule has 31 heavy (non-hydrogen) atoms. The molecular formula is C25H27FN2O2S. The Labute approximate surface area is 184 Å². The van der Waals surface area contributed by atoms with Gasteiger partial charge in [-0.2, -0.15) is 4.31 Å². The Balaban J connectivity index is 1.58. The van der Waals surface area contributed by atoms with Crippen molar-refractivity contribution in [2.45, 2.75) is 24.8 Å². The van der Waals surface area contributed by atoms with Gasteiger partial charge in [0.1, 0.15) is 5.82 Å². The highest BCUT2D eigenvalue weighted by Crippen LogP contribution is 2.31. The van der Waals surface area contributed by atoms with Gasteiger partial charge in [0.15, 0.2) is 0 Å². The second-order valence-electron chi connectivity index (χ2n) is 8.07. The molecule has 6 heteroatoms. The van der Waals surface area contributed by atoms with Crippen molar-refractivity contribution in [3.63, 3.8) is 0 Å². The summed E-state index contributed by atoms with van der Waals surface area (Å²) in [4.78, 5) is 2.38. The van der Waals surface area contributed by atoms with Gasteiger partial charge in [-0.3, -0.25) is 4.90 Å². The number of hydrogen-bond acceptors (Lipinski definition) is 3. The number of benzene rings is 3. The molecule has 162 valence electrons. The Hall–Kier alpha value is -2.54. The second kappa shape index (κ2) is 8.91. The first-order valence-electron chi connectivity index (χ1n) is 10.5. The summed E-state index contributed by atoms with van der Waals surface area (Å²) in [6.07, 6.45) is 0. The summed E-state index contributed by atoms with van der Waals surface area (Å²) in [6, 6.07) is 22.8. The molecule has 1 aliphatic rings. The van der Waals surface area contributed by atoms with E-state index in [2.05, 4.69) is 48.2 Å². The fourth-order valence-electron chi connectivity index (χ4n) is 4.19. The van der Waals surface area contributed by atoms with Crippen LogP contribution in [-0.4, -0.2) is 43.8 Å². The summed E-state index contributed by atoms with van der Waals surface area (Å²) in [6.45, 7) is 5.70. The lowest BCUT2D eigenvalue weighted by Crippen LogP contribution is -2.49. The maximum absolute atomic E-state index is 13.7. The van der Waals surface area contributed by atoms with Gasteiger partial charge in [-0.15, -0.1) is 0 Å². The molecule has 0 N–H and O–H groups in total. The van der Waals surface area contributed by atoms with E-state index in [9.17, 15) is 12.8 Å². The van der Waals surface area contributed by atoms with Crippen LogP contribution in [0.5, 0.6) is 0 Å². The van der Waals surface area contributed by atoms with Gasteiger partial charge in [0, 0.05) is 26.2 Å². The summed E-state index contributed by atoms with van der Waals surface area (Å²) in [5.41, 5.74) is 4.14. The number of piperazine rings is 1.